The standard InChI is InChI=1S/C21H27N3O4S/c1-3-11-24-19(26)16-7-5-6-8-17(16)22-21(24)29-14-18(25)23-12-9-15(10-13-23)20(27)28-4-2/h5-8,15H,3-4,9-14H2,1-2H3. The predicted molar refractivity (Wildman–Crippen MR) is 113 cm³/mol. The van der Waals surface area contributed by atoms with Gasteiger partial charge in [0.15, 0.2) is 5.16 Å². The molecule has 0 bridgehead atoms. The van der Waals surface area contributed by atoms with Crippen molar-refractivity contribution in [3.63, 3.8) is 0 Å². The van der Waals surface area contributed by atoms with Crippen molar-refractivity contribution in [3.05, 3.63) is 34.6 Å². The van der Waals surface area contributed by atoms with E-state index in [9.17, 15) is 14.4 Å². The smallest absolute Gasteiger partial charge is 0.309 e. The highest BCUT2D eigenvalue weighted by Crippen LogP contribution is 2.22. The number of ether oxygens (including phenoxy) is 1. The van der Waals surface area contributed by atoms with Crippen molar-refractivity contribution >= 4 is 34.5 Å². The molecule has 1 aromatic carbocycles. The summed E-state index contributed by atoms with van der Waals surface area (Å²) in [6.07, 6.45) is 2.07. The molecule has 29 heavy (non-hydrogen) atoms. The maximum absolute atomic E-state index is 12.8. The maximum Gasteiger partial charge on any atom is 0.309 e. The van der Waals surface area contributed by atoms with Crippen LogP contribution in [0.15, 0.2) is 34.2 Å². The van der Waals surface area contributed by atoms with Crippen LogP contribution in [0.3, 0.4) is 0 Å². The number of fused-ring (bicyclic) bond motifs is 1. The number of para-hydroxylation sites is 1. The van der Waals surface area contributed by atoms with E-state index in [1.165, 1.54) is 11.8 Å². The monoisotopic (exact) mass is 417 g/mol. The molecule has 2 aromatic rings. The molecule has 0 spiro atoms. The number of carbonyl (C=O) groups excluding carboxylic acids is 2. The van der Waals surface area contributed by atoms with Crippen molar-refractivity contribution in [2.45, 2.75) is 44.8 Å². The van der Waals surface area contributed by atoms with Crippen LogP contribution in [0.1, 0.15) is 33.1 Å². The van der Waals surface area contributed by atoms with Crippen LogP contribution in [-0.4, -0.2) is 51.8 Å². The molecule has 8 heteroatoms. The summed E-state index contributed by atoms with van der Waals surface area (Å²) in [5, 5.41) is 1.17. The Balaban J connectivity index is 1.66. The Kier molecular flexibility index (Phi) is 7.30. The van der Waals surface area contributed by atoms with Crippen LogP contribution in [0.4, 0.5) is 0 Å². The molecule has 3 rings (SSSR count). The van der Waals surface area contributed by atoms with Gasteiger partial charge in [-0.3, -0.25) is 19.0 Å². The number of benzene rings is 1. The highest BCUT2D eigenvalue weighted by atomic mass is 32.2. The predicted octanol–water partition coefficient (Wildman–Crippen LogP) is 2.70. The van der Waals surface area contributed by atoms with E-state index in [1.807, 2.05) is 25.1 Å². The van der Waals surface area contributed by atoms with E-state index in [1.54, 1.807) is 22.5 Å². The summed E-state index contributed by atoms with van der Waals surface area (Å²) in [5.74, 6) is -0.0670. The summed E-state index contributed by atoms with van der Waals surface area (Å²) >= 11 is 1.30. The molecular formula is C21H27N3O4S. The second-order valence-electron chi connectivity index (χ2n) is 7.06. The first kappa shape index (κ1) is 21.4. The highest BCUT2D eigenvalue weighted by molar-refractivity contribution is 7.99. The van der Waals surface area contributed by atoms with Crippen LogP contribution in [-0.2, 0) is 20.9 Å². The van der Waals surface area contributed by atoms with E-state index in [0.717, 1.165) is 6.42 Å². The number of rotatable bonds is 7. The molecule has 1 aliphatic heterocycles. The summed E-state index contributed by atoms with van der Waals surface area (Å²) in [5.41, 5.74) is 0.581. The third kappa shape index (κ3) is 4.98. The summed E-state index contributed by atoms with van der Waals surface area (Å²) in [6.45, 7) is 5.86. The molecule has 0 unspecified atom stereocenters. The summed E-state index contributed by atoms with van der Waals surface area (Å²) in [4.78, 5) is 43.7. The second-order valence-corrected chi connectivity index (χ2v) is 8.01. The van der Waals surface area contributed by atoms with Gasteiger partial charge in [-0.25, -0.2) is 4.98 Å². The van der Waals surface area contributed by atoms with Gasteiger partial charge in [-0.2, -0.15) is 0 Å². The Labute approximate surface area is 174 Å². The number of esters is 1. The zero-order valence-electron chi connectivity index (χ0n) is 16.9. The number of aromatic nitrogens is 2. The van der Waals surface area contributed by atoms with E-state index in [-0.39, 0.29) is 29.1 Å². The van der Waals surface area contributed by atoms with Gasteiger partial charge in [0.2, 0.25) is 5.91 Å². The Hall–Kier alpha value is -2.35. The third-order valence-corrected chi connectivity index (χ3v) is 6.03. The number of nitrogens with zero attached hydrogens (tertiary/aromatic N) is 3. The number of thioether (sulfide) groups is 1. The van der Waals surface area contributed by atoms with Gasteiger partial charge in [0.25, 0.3) is 5.56 Å². The van der Waals surface area contributed by atoms with E-state index < -0.39 is 0 Å². The minimum Gasteiger partial charge on any atom is -0.466 e. The SMILES string of the molecule is CCCn1c(SCC(=O)N2CCC(C(=O)OCC)CC2)nc2ccccc2c1=O. The minimum absolute atomic E-state index is 0.00256. The van der Waals surface area contributed by atoms with Crippen LogP contribution in [0.5, 0.6) is 0 Å². The largest absolute Gasteiger partial charge is 0.466 e. The van der Waals surface area contributed by atoms with Crippen molar-refractivity contribution in [2.24, 2.45) is 5.92 Å². The van der Waals surface area contributed by atoms with Crippen LogP contribution in [0.2, 0.25) is 0 Å². The van der Waals surface area contributed by atoms with Crippen molar-refractivity contribution in [3.8, 4) is 0 Å². The number of hydrogen-bond donors (Lipinski definition) is 0. The molecule has 0 saturated carbocycles. The molecule has 1 aromatic heterocycles. The molecule has 1 fully saturated rings. The Morgan fingerprint density at radius 2 is 1.93 bits per heavy atom. The Morgan fingerprint density at radius 1 is 1.21 bits per heavy atom. The lowest BCUT2D eigenvalue weighted by atomic mass is 9.97. The average molecular weight is 418 g/mol. The summed E-state index contributed by atoms with van der Waals surface area (Å²) in [7, 11) is 0. The minimum atomic E-state index is -0.169. The molecule has 7 nitrogen and oxygen atoms in total. The van der Waals surface area contributed by atoms with E-state index in [2.05, 4.69) is 4.98 Å². The van der Waals surface area contributed by atoms with E-state index >= 15 is 0 Å². The fraction of sp³-hybridized carbons (Fsp3) is 0.524. The molecule has 2 heterocycles. The number of likely N-dealkylation sites (tertiary alicyclic amines) is 1. The first-order valence-electron chi connectivity index (χ1n) is 10.1. The average Bonchev–Trinajstić information content (AvgIpc) is 2.74. The lowest BCUT2D eigenvalue weighted by Crippen LogP contribution is -2.41. The molecule has 0 atom stereocenters. The lowest BCUT2D eigenvalue weighted by Gasteiger charge is -2.30. The van der Waals surface area contributed by atoms with Gasteiger partial charge < -0.3 is 9.64 Å². The number of hydrogen-bond acceptors (Lipinski definition) is 6. The first-order valence-corrected chi connectivity index (χ1v) is 11.1. The molecule has 1 aliphatic rings. The van der Waals surface area contributed by atoms with Gasteiger partial charge in [-0.15, -0.1) is 0 Å². The van der Waals surface area contributed by atoms with Crippen molar-refractivity contribution in [1.29, 1.82) is 0 Å². The highest BCUT2D eigenvalue weighted by Gasteiger charge is 2.28. The van der Waals surface area contributed by atoms with Crippen LogP contribution in [0.25, 0.3) is 10.9 Å². The van der Waals surface area contributed by atoms with Crippen molar-refractivity contribution in [2.75, 3.05) is 25.4 Å². The van der Waals surface area contributed by atoms with Gasteiger partial charge in [0.05, 0.1) is 29.2 Å². The van der Waals surface area contributed by atoms with Crippen LogP contribution >= 0.6 is 11.8 Å². The van der Waals surface area contributed by atoms with Gasteiger partial charge in [0, 0.05) is 19.6 Å². The molecule has 0 N–H and O–H groups in total. The van der Waals surface area contributed by atoms with Gasteiger partial charge in [-0.1, -0.05) is 30.8 Å². The number of carbonyl (C=O) groups is 2. The van der Waals surface area contributed by atoms with Crippen molar-refractivity contribution < 1.29 is 14.3 Å². The van der Waals surface area contributed by atoms with E-state index in [4.69, 9.17) is 4.74 Å². The first-order chi connectivity index (χ1) is 14.0. The fourth-order valence-corrected chi connectivity index (χ4v) is 4.45. The number of amides is 1. The summed E-state index contributed by atoms with van der Waals surface area (Å²) in [6, 6.07) is 7.29. The lowest BCUT2D eigenvalue weighted by molar-refractivity contribution is -0.151. The van der Waals surface area contributed by atoms with Gasteiger partial charge in [-0.05, 0) is 38.3 Å². The quantitative estimate of drug-likeness (QED) is 0.391. The van der Waals surface area contributed by atoms with E-state index in [0.29, 0.717) is 55.1 Å². The topological polar surface area (TPSA) is 81.5 Å². The molecule has 0 aliphatic carbocycles. The number of piperidine rings is 1. The third-order valence-electron chi connectivity index (χ3n) is 5.07. The normalized spacial score (nSPS) is 14.9. The Morgan fingerprint density at radius 3 is 2.62 bits per heavy atom. The fourth-order valence-electron chi connectivity index (χ4n) is 3.52. The van der Waals surface area contributed by atoms with Gasteiger partial charge >= 0.3 is 5.97 Å². The maximum atomic E-state index is 12.8. The molecular weight excluding hydrogens is 390 g/mol. The van der Waals surface area contributed by atoms with Crippen LogP contribution in [0, 0.1) is 5.92 Å². The zero-order valence-corrected chi connectivity index (χ0v) is 17.7. The molecule has 1 saturated heterocycles. The van der Waals surface area contributed by atoms with Gasteiger partial charge in [0.1, 0.15) is 0 Å². The second kappa shape index (κ2) is 9.91. The zero-order chi connectivity index (χ0) is 20.8. The summed E-state index contributed by atoms with van der Waals surface area (Å²) < 4.78 is 6.74. The van der Waals surface area contributed by atoms with Crippen molar-refractivity contribution in [1.82, 2.24) is 14.5 Å². The van der Waals surface area contributed by atoms with Crippen LogP contribution < -0.4 is 5.56 Å². The molecule has 156 valence electrons. The Bertz CT molecular complexity index is 935. The molecule has 0 radical (unpaired) electrons. The molecule has 1 amide bonds.